The molecule has 0 fully saturated rings. The van der Waals surface area contributed by atoms with Gasteiger partial charge in [0.05, 0.1) is 6.54 Å². The molecule has 0 N–H and O–H groups in total. The van der Waals surface area contributed by atoms with Crippen LogP contribution in [0.1, 0.15) is 0 Å². The Kier molecular flexibility index (Phi) is 0.918. The van der Waals surface area contributed by atoms with Crippen molar-refractivity contribution < 1.29 is 0 Å². The van der Waals surface area contributed by atoms with Crippen LogP contribution in [-0.2, 0) is 0 Å². The summed E-state index contributed by atoms with van der Waals surface area (Å²) in [6.07, 6.45) is 8.17. The van der Waals surface area contributed by atoms with E-state index in [1.807, 2.05) is 12.3 Å². The van der Waals surface area contributed by atoms with Crippen LogP contribution in [0.2, 0.25) is 0 Å². The van der Waals surface area contributed by atoms with E-state index in [0.29, 0.717) is 0 Å². The third-order valence-electron chi connectivity index (χ3n) is 1.56. The van der Waals surface area contributed by atoms with Crippen molar-refractivity contribution in [2.24, 2.45) is 4.99 Å². The molecule has 0 aromatic rings. The Balaban J connectivity index is 2.31. The summed E-state index contributed by atoms with van der Waals surface area (Å²) < 4.78 is 0. The maximum Gasteiger partial charge on any atom is 0.128 e. The first-order valence-corrected chi connectivity index (χ1v) is 3.11. The van der Waals surface area contributed by atoms with Gasteiger partial charge in [0.25, 0.3) is 0 Å². The van der Waals surface area contributed by atoms with Crippen molar-refractivity contribution in [2.75, 3.05) is 13.1 Å². The summed E-state index contributed by atoms with van der Waals surface area (Å²) in [5.74, 6) is 1.11. The molecule has 0 radical (unpaired) electrons. The molecule has 2 nitrogen and oxygen atoms in total. The van der Waals surface area contributed by atoms with Crippen LogP contribution >= 0.6 is 0 Å². The highest BCUT2D eigenvalue weighted by atomic mass is 15.2. The van der Waals surface area contributed by atoms with Gasteiger partial charge in [-0.1, -0.05) is 12.2 Å². The number of rotatable bonds is 0. The van der Waals surface area contributed by atoms with Crippen LogP contribution in [0.25, 0.3) is 0 Å². The van der Waals surface area contributed by atoms with E-state index in [1.54, 1.807) is 0 Å². The van der Waals surface area contributed by atoms with Crippen molar-refractivity contribution in [3.8, 4) is 0 Å². The maximum atomic E-state index is 4.17. The fraction of sp³-hybridized carbons (Fsp3) is 0.286. The first kappa shape index (κ1) is 4.79. The number of nitrogens with zero attached hydrogens (tertiary/aromatic N) is 2. The first-order valence-electron chi connectivity index (χ1n) is 3.11. The molecule has 0 amide bonds. The van der Waals surface area contributed by atoms with Crippen molar-refractivity contribution in [3.63, 3.8) is 0 Å². The standard InChI is InChI=1S/C7H8N2/c1-2-5-9-6-4-8-7(9)3-1/h1-4H,5-6H2. The summed E-state index contributed by atoms with van der Waals surface area (Å²) in [5, 5.41) is 0. The lowest BCUT2D eigenvalue weighted by Crippen LogP contribution is -2.20. The zero-order valence-electron chi connectivity index (χ0n) is 5.12. The summed E-state index contributed by atoms with van der Waals surface area (Å²) in [7, 11) is 0. The second-order valence-electron chi connectivity index (χ2n) is 2.17. The van der Waals surface area contributed by atoms with Gasteiger partial charge in [-0.2, -0.15) is 0 Å². The topological polar surface area (TPSA) is 15.6 Å². The molecule has 0 bridgehead atoms. The van der Waals surface area contributed by atoms with Gasteiger partial charge in [0.2, 0.25) is 0 Å². The molecule has 0 saturated carbocycles. The van der Waals surface area contributed by atoms with Gasteiger partial charge in [-0.3, -0.25) is 0 Å². The number of allylic oxidation sites excluding steroid dienone is 2. The number of aliphatic imine (C=N–C) groups is 1. The molecule has 0 atom stereocenters. The third kappa shape index (κ3) is 0.669. The minimum absolute atomic E-state index is 0.982. The van der Waals surface area contributed by atoms with Gasteiger partial charge < -0.3 is 4.90 Å². The van der Waals surface area contributed by atoms with Crippen molar-refractivity contribution in [1.82, 2.24) is 4.90 Å². The molecule has 2 aliphatic heterocycles. The number of fused-ring (bicyclic) bond motifs is 1. The third-order valence-corrected chi connectivity index (χ3v) is 1.56. The SMILES string of the molecule is C1=CCN2CC=NC2=C1. The Labute approximate surface area is 54.2 Å². The molecule has 0 unspecified atom stereocenters. The fourth-order valence-corrected chi connectivity index (χ4v) is 1.07. The normalized spacial score (nSPS) is 22.2. The van der Waals surface area contributed by atoms with Crippen LogP contribution < -0.4 is 0 Å². The van der Waals surface area contributed by atoms with Crippen LogP contribution in [0.5, 0.6) is 0 Å². The molecule has 2 heteroatoms. The molecule has 0 aliphatic carbocycles. The highest BCUT2D eigenvalue weighted by molar-refractivity contribution is 5.65. The van der Waals surface area contributed by atoms with Crippen molar-refractivity contribution in [1.29, 1.82) is 0 Å². The lowest BCUT2D eigenvalue weighted by atomic mass is 10.3. The largest absolute Gasteiger partial charge is 0.348 e. The maximum absolute atomic E-state index is 4.17. The Hall–Kier alpha value is -1.05. The lowest BCUT2D eigenvalue weighted by molar-refractivity contribution is 0.447. The quantitative estimate of drug-likeness (QED) is 0.461. The van der Waals surface area contributed by atoms with Crippen LogP contribution in [-0.4, -0.2) is 24.2 Å². The van der Waals surface area contributed by atoms with Crippen LogP contribution in [0, 0.1) is 0 Å². The molecule has 46 valence electrons. The van der Waals surface area contributed by atoms with E-state index in [1.165, 1.54) is 0 Å². The molecule has 2 heterocycles. The summed E-state index contributed by atoms with van der Waals surface area (Å²) >= 11 is 0. The zero-order valence-corrected chi connectivity index (χ0v) is 5.12. The molecule has 0 aromatic carbocycles. The highest BCUT2D eigenvalue weighted by Gasteiger charge is 2.11. The number of hydrogen-bond acceptors (Lipinski definition) is 2. The van der Waals surface area contributed by atoms with Gasteiger partial charge in [-0.25, -0.2) is 4.99 Å². The molecular weight excluding hydrogens is 112 g/mol. The van der Waals surface area contributed by atoms with Crippen LogP contribution in [0.15, 0.2) is 29.0 Å². The summed E-state index contributed by atoms with van der Waals surface area (Å²) in [6, 6.07) is 0. The molecule has 0 aromatic heterocycles. The van der Waals surface area contributed by atoms with Crippen molar-refractivity contribution in [3.05, 3.63) is 24.0 Å². The van der Waals surface area contributed by atoms with Crippen molar-refractivity contribution >= 4 is 6.21 Å². The first-order chi connectivity index (χ1) is 4.47. The van der Waals surface area contributed by atoms with E-state index in [-0.39, 0.29) is 0 Å². The van der Waals surface area contributed by atoms with E-state index in [2.05, 4.69) is 22.0 Å². The predicted molar refractivity (Wildman–Crippen MR) is 37.3 cm³/mol. The molecule has 2 aliphatic rings. The average molecular weight is 120 g/mol. The van der Waals surface area contributed by atoms with Crippen molar-refractivity contribution in [2.45, 2.75) is 0 Å². The lowest BCUT2D eigenvalue weighted by Gasteiger charge is -2.17. The Morgan fingerprint density at radius 2 is 2.44 bits per heavy atom. The zero-order chi connectivity index (χ0) is 6.10. The number of hydrogen-bond donors (Lipinski definition) is 0. The Morgan fingerprint density at radius 1 is 1.44 bits per heavy atom. The minimum Gasteiger partial charge on any atom is -0.348 e. The predicted octanol–water partition coefficient (Wildman–Crippen LogP) is 0.784. The van der Waals surface area contributed by atoms with E-state index < -0.39 is 0 Å². The highest BCUT2D eigenvalue weighted by Crippen LogP contribution is 2.13. The fourth-order valence-electron chi connectivity index (χ4n) is 1.07. The van der Waals surface area contributed by atoms with Gasteiger partial charge in [0.15, 0.2) is 0 Å². The van der Waals surface area contributed by atoms with Gasteiger partial charge in [-0.15, -0.1) is 0 Å². The second kappa shape index (κ2) is 1.72. The summed E-state index contributed by atoms with van der Waals surface area (Å²) in [4.78, 5) is 6.39. The van der Waals surface area contributed by atoms with Crippen LogP contribution in [0.4, 0.5) is 0 Å². The smallest absolute Gasteiger partial charge is 0.128 e. The van der Waals surface area contributed by atoms with Gasteiger partial charge in [-0.05, 0) is 6.08 Å². The Bertz CT molecular complexity index is 201. The minimum atomic E-state index is 0.982. The Morgan fingerprint density at radius 3 is 3.33 bits per heavy atom. The monoisotopic (exact) mass is 120 g/mol. The van der Waals surface area contributed by atoms with E-state index >= 15 is 0 Å². The average Bonchev–Trinajstić information content (AvgIpc) is 2.33. The second-order valence-corrected chi connectivity index (χ2v) is 2.17. The summed E-state index contributed by atoms with van der Waals surface area (Å²) in [6.45, 7) is 2.00. The summed E-state index contributed by atoms with van der Waals surface area (Å²) in [5.41, 5.74) is 0. The van der Waals surface area contributed by atoms with E-state index in [0.717, 1.165) is 18.9 Å². The van der Waals surface area contributed by atoms with Gasteiger partial charge in [0.1, 0.15) is 5.82 Å². The molecule has 9 heavy (non-hydrogen) atoms. The van der Waals surface area contributed by atoms with Gasteiger partial charge >= 0.3 is 0 Å². The molecule has 0 saturated heterocycles. The van der Waals surface area contributed by atoms with Gasteiger partial charge in [0, 0.05) is 12.8 Å². The van der Waals surface area contributed by atoms with E-state index in [9.17, 15) is 0 Å². The molecule has 0 spiro atoms. The van der Waals surface area contributed by atoms with E-state index in [4.69, 9.17) is 0 Å². The van der Waals surface area contributed by atoms with Crippen LogP contribution in [0.3, 0.4) is 0 Å². The molecule has 2 rings (SSSR count). The molecular formula is C7H8N2.